The fourth-order valence-electron chi connectivity index (χ4n) is 3.50. The number of nitrogens with zero attached hydrogens (tertiary/aromatic N) is 2. The number of esters is 1. The Balaban J connectivity index is 1.74. The van der Waals surface area contributed by atoms with E-state index in [1.54, 1.807) is 0 Å². The number of hydrogen-bond donors (Lipinski definition) is 4. The summed E-state index contributed by atoms with van der Waals surface area (Å²) in [5.41, 5.74) is 5.72. The summed E-state index contributed by atoms with van der Waals surface area (Å²) in [6, 6.07) is 0. The van der Waals surface area contributed by atoms with Gasteiger partial charge in [0.05, 0.1) is 13.3 Å². The van der Waals surface area contributed by atoms with Gasteiger partial charge in [0.1, 0.15) is 5.69 Å². The van der Waals surface area contributed by atoms with Crippen molar-refractivity contribution in [2.45, 2.75) is 64.7 Å². The molecule has 0 radical (unpaired) electrons. The smallest absolute Gasteiger partial charge is 0.305 e. The van der Waals surface area contributed by atoms with Crippen molar-refractivity contribution >= 4 is 23.4 Å². The average molecular weight is 410 g/mol. The Morgan fingerprint density at radius 1 is 1.28 bits per heavy atom. The van der Waals surface area contributed by atoms with E-state index in [0.717, 1.165) is 19.3 Å². The van der Waals surface area contributed by atoms with Crippen LogP contribution in [0, 0.1) is 5.92 Å². The maximum absolute atomic E-state index is 12.0. The number of nitrogens with one attached hydrogen (secondary N) is 2. The number of fused-ring (bicyclic) bond motifs is 1. The Labute approximate surface area is 172 Å². The molecule has 1 unspecified atom stereocenters. The van der Waals surface area contributed by atoms with Gasteiger partial charge in [0.2, 0.25) is 5.95 Å². The predicted octanol–water partition coefficient (Wildman–Crippen LogP) is 2.22. The van der Waals surface area contributed by atoms with Gasteiger partial charge >= 0.3 is 5.97 Å². The first-order valence-corrected chi connectivity index (χ1v) is 10.7. The molecule has 0 aromatic carbocycles. The van der Waals surface area contributed by atoms with E-state index in [-0.39, 0.29) is 36.6 Å². The molecule has 1 aliphatic rings. The van der Waals surface area contributed by atoms with Crippen LogP contribution in [0.15, 0.2) is 4.79 Å². The molecule has 0 bridgehead atoms. The molecule has 29 heavy (non-hydrogen) atoms. The van der Waals surface area contributed by atoms with Crippen LogP contribution in [-0.2, 0) is 9.53 Å². The van der Waals surface area contributed by atoms with Gasteiger partial charge in [-0.1, -0.05) is 45.4 Å². The van der Waals surface area contributed by atoms with Crippen LogP contribution in [0.25, 0.3) is 0 Å². The van der Waals surface area contributed by atoms with Crippen LogP contribution in [0.4, 0.5) is 17.5 Å². The van der Waals surface area contributed by atoms with Crippen molar-refractivity contribution in [1.29, 1.82) is 0 Å². The highest BCUT2D eigenvalue weighted by atomic mass is 16.5. The third-order valence-corrected chi connectivity index (χ3v) is 5.15. The molecule has 0 saturated heterocycles. The fourth-order valence-corrected chi connectivity index (χ4v) is 3.50. The van der Waals surface area contributed by atoms with E-state index in [2.05, 4.69) is 22.2 Å². The van der Waals surface area contributed by atoms with Crippen molar-refractivity contribution in [3.63, 3.8) is 0 Å². The van der Waals surface area contributed by atoms with Crippen molar-refractivity contribution in [3.8, 4) is 0 Å². The number of H-pyrrole nitrogens is 1. The Morgan fingerprint density at radius 2 is 2.00 bits per heavy atom. The Hall–Kier alpha value is -2.29. The number of carbonyl (C=O) groups is 1. The van der Waals surface area contributed by atoms with Crippen molar-refractivity contribution in [2.24, 2.45) is 5.92 Å². The van der Waals surface area contributed by atoms with Gasteiger partial charge in [-0.15, -0.1) is 0 Å². The van der Waals surface area contributed by atoms with E-state index in [1.807, 2.05) is 4.90 Å². The van der Waals surface area contributed by atoms with Gasteiger partial charge in [0, 0.05) is 25.5 Å². The minimum Gasteiger partial charge on any atom is -0.465 e. The summed E-state index contributed by atoms with van der Waals surface area (Å²) in [7, 11) is 0. The summed E-state index contributed by atoms with van der Waals surface area (Å²) in [5, 5.41) is 12.4. The van der Waals surface area contributed by atoms with Gasteiger partial charge in [-0.3, -0.25) is 14.6 Å². The second kappa shape index (κ2) is 12.3. The van der Waals surface area contributed by atoms with Gasteiger partial charge in [0.15, 0.2) is 5.82 Å². The van der Waals surface area contributed by atoms with Crippen molar-refractivity contribution in [2.75, 3.05) is 42.4 Å². The van der Waals surface area contributed by atoms with Crippen LogP contribution in [-0.4, -0.2) is 47.5 Å². The quantitative estimate of drug-likeness (QED) is 0.271. The Kier molecular flexibility index (Phi) is 9.76. The molecular formula is C20H35N5O4. The first-order chi connectivity index (χ1) is 14.0. The zero-order valence-corrected chi connectivity index (χ0v) is 17.4. The van der Waals surface area contributed by atoms with Gasteiger partial charge in [-0.25, -0.2) is 0 Å². The predicted molar refractivity (Wildman–Crippen MR) is 114 cm³/mol. The second-order valence-electron chi connectivity index (χ2n) is 7.64. The van der Waals surface area contributed by atoms with E-state index in [9.17, 15) is 14.7 Å². The van der Waals surface area contributed by atoms with Crippen LogP contribution < -0.4 is 21.5 Å². The number of hydrogen-bond acceptors (Lipinski definition) is 8. The SMILES string of the molecule is CCCCCCCCCC(=O)OCC(CCO)CN1CNc2c1nc(N)[nH]c2=O. The van der Waals surface area contributed by atoms with E-state index < -0.39 is 0 Å². The maximum atomic E-state index is 12.0. The number of anilines is 3. The number of aliphatic hydroxyl groups excluding tert-OH is 1. The van der Waals surface area contributed by atoms with Crippen molar-refractivity contribution in [1.82, 2.24) is 9.97 Å². The summed E-state index contributed by atoms with van der Waals surface area (Å²) < 4.78 is 5.44. The largest absolute Gasteiger partial charge is 0.465 e. The number of rotatable bonds is 14. The number of aromatic nitrogens is 2. The van der Waals surface area contributed by atoms with Crippen LogP contribution in [0.5, 0.6) is 0 Å². The topological polar surface area (TPSA) is 134 Å². The van der Waals surface area contributed by atoms with Crippen molar-refractivity contribution < 1.29 is 14.6 Å². The molecule has 0 aliphatic carbocycles. The number of nitrogens with two attached hydrogens (primary N) is 1. The number of nitrogen functional groups attached to an aromatic ring is 1. The highest BCUT2D eigenvalue weighted by molar-refractivity contribution is 5.71. The molecule has 0 fully saturated rings. The summed E-state index contributed by atoms with van der Waals surface area (Å²) in [6.45, 7) is 3.36. The lowest BCUT2D eigenvalue weighted by Crippen LogP contribution is -2.33. The van der Waals surface area contributed by atoms with Gasteiger partial charge < -0.3 is 25.8 Å². The van der Waals surface area contributed by atoms with Crippen LogP contribution >= 0.6 is 0 Å². The van der Waals surface area contributed by atoms with Crippen molar-refractivity contribution in [3.05, 3.63) is 10.4 Å². The molecule has 0 amide bonds. The highest BCUT2D eigenvalue weighted by Crippen LogP contribution is 2.26. The molecule has 9 nitrogen and oxygen atoms in total. The summed E-state index contributed by atoms with van der Waals surface area (Å²) in [4.78, 5) is 32.5. The van der Waals surface area contributed by atoms with E-state index in [1.165, 1.54) is 25.7 Å². The van der Waals surface area contributed by atoms with Gasteiger partial charge in [-0.2, -0.15) is 4.98 Å². The van der Waals surface area contributed by atoms with Crippen LogP contribution in [0.2, 0.25) is 0 Å². The fraction of sp³-hybridized carbons (Fsp3) is 0.750. The Morgan fingerprint density at radius 3 is 2.72 bits per heavy atom. The maximum Gasteiger partial charge on any atom is 0.305 e. The molecule has 2 heterocycles. The lowest BCUT2D eigenvalue weighted by atomic mass is 10.1. The molecule has 0 spiro atoms. The second-order valence-corrected chi connectivity index (χ2v) is 7.64. The third kappa shape index (κ3) is 7.56. The van der Waals surface area contributed by atoms with Gasteiger partial charge in [0.25, 0.3) is 5.56 Å². The normalized spacial score (nSPS) is 13.8. The molecule has 9 heteroatoms. The third-order valence-electron chi connectivity index (χ3n) is 5.15. The summed E-state index contributed by atoms with van der Waals surface area (Å²) in [6.07, 6.45) is 9.01. The van der Waals surface area contributed by atoms with E-state index in [0.29, 0.717) is 37.6 Å². The molecule has 1 aliphatic heterocycles. The first-order valence-electron chi connectivity index (χ1n) is 10.7. The first kappa shape index (κ1) is 23.0. The summed E-state index contributed by atoms with van der Waals surface area (Å²) >= 11 is 0. The van der Waals surface area contributed by atoms with Crippen LogP contribution in [0.1, 0.15) is 64.7 Å². The standard InChI is InChI=1S/C20H35N5O4/c1-2-3-4-5-6-7-8-9-16(27)29-13-15(10-11-26)12-25-14-22-17-18(25)23-20(21)24-19(17)28/h15,22,26H,2-14H2,1H3,(H3,21,23,24,28). The molecule has 2 rings (SSSR count). The van der Waals surface area contributed by atoms with Gasteiger partial charge in [-0.05, 0) is 12.8 Å². The molecular weight excluding hydrogens is 374 g/mol. The van der Waals surface area contributed by atoms with E-state index >= 15 is 0 Å². The minimum atomic E-state index is -0.310. The average Bonchev–Trinajstić information content (AvgIpc) is 3.08. The monoisotopic (exact) mass is 409 g/mol. The number of aliphatic hydroxyl groups is 1. The number of aromatic amines is 1. The molecule has 1 aromatic heterocycles. The summed E-state index contributed by atoms with van der Waals surface area (Å²) in [5.74, 6) is 0.291. The molecule has 0 saturated carbocycles. The van der Waals surface area contributed by atoms with E-state index in [4.69, 9.17) is 10.5 Å². The molecule has 164 valence electrons. The lowest BCUT2D eigenvalue weighted by Gasteiger charge is -2.23. The number of ether oxygens (including phenoxy) is 1. The highest BCUT2D eigenvalue weighted by Gasteiger charge is 2.26. The number of carbonyl (C=O) groups excluding carboxylic acids is 1. The molecule has 5 N–H and O–H groups in total. The molecule has 1 aromatic rings. The zero-order valence-electron chi connectivity index (χ0n) is 17.4. The Bertz CT molecular complexity index is 694. The molecule has 1 atom stereocenters. The number of unbranched alkanes of at least 4 members (excludes halogenated alkanes) is 6. The zero-order chi connectivity index (χ0) is 21.1. The minimum absolute atomic E-state index is 0.000949. The van der Waals surface area contributed by atoms with Crippen LogP contribution in [0.3, 0.4) is 0 Å². The lowest BCUT2D eigenvalue weighted by molar-refractivity contribution is -0.145.